The fraction of sp³-hybridized carbons (Fsp3) is 0.667. The number of hydrogen-bond acceptors (Lipinski definition) is 5. The Hall–Kier alpha value is -1.73. The van der Waals surface area contributed by atoms with Crippen LogP contribution in [0.15, 0.2) is 11.1 Å². The maximum atomic E-state index is 13.8. The van der Waals surface area contributed by atoms with Crippen LogP contribution in [0.25, 0.3) is 10.2 Å². The molecular formula is C21H28N4O2S. The van der Waals surface area contributed by atoms with Gasteiger partial charge in [0.05, 0.1) is 16.6 Å². The van der Waals surface area contributed by atoms with Gasteiger partial charge in [0.2, 0.25) is 0 Å². The fourth-order valence-corrected chi connectivity index (χ4v) is 7.40. The first kappa shape index (κ1) is 18.3. The van der Waals surface area contributed by atoms with Crippen LogP contribution >= 0.6 is 11.3 Å². The number of hydrogen-bond donors (Lipinski definition) is 0. The molecule has 7 heteroatoms. The molecule has 28 heavy (non-hydrogen) atoms. The number of rotatable bonds is 1. The minimum Gasteiger partial charge on any atom is -0.330 e. The van der Waals surface area contributed by atoms with Crippen LogP contribution in [0, 0.1) is 12.3 Å². The second-order valence-corrected chi connectivity index (χ2v) is 10.2. The zero-order valence-corrected chi connectivity index (χ0v) is 17.9. The molecule has 0 unspecified atom stereocenters. The van der Waals surface area contributed by atoms with Gasteiger partial charge in [-0.25, -0.2) is 4.98 Å². The zero-order valence-electron chi connectivity index (χ0n) is 17.1. The molecule has 0 radical (unpaired) electrons. The zero-order chi connectivity index (χ0) is 19.8. The number of aromatic nitrogens is 2. The maximum Gasteiger partial charge on any atom is 0.264 e. The standard InChI is InChI=1S/C21H28N4O2S/c1-12-16-18(22-11-24(4)19(16)26)28-17(12)20(27)25-13-9-21(2)14(23(3)10-13)7-5-6-8-15(21)25/h11,13-15H,5-10H2,1-4H3/t13-,14+,15-,21+/m0/s1. The summed E-state index contributed by atoms with van der Waals surface area (Å²) in [6.07, 6.45) is 7.41. The molecule has 2 saturated heterocycles. The number of amides is 1. The molecule has 2 aromatic heterocycles. The summed E-state index contributed by atoms with van der Waals surface area (Å²) in [6, 6.07) is 1.12. The second kappa shape index (κ2) is 6.13. The van der Waals surface area contributed by atoms with E-state index in [1.165, 1.54) is 35.2 Å². The number of carbonyl (C=O) groups excluding carboxylic acids is 1. The molecule has 3 fully saturated rings. The summed E-state index contributed by atoms with van der Waals surface area (Å²) in [6.45, 7) is 5.26. The summed E-state index contributed by atoms with van der Waals surface area (Å²) in [4.78, 5) is 36.9. The van der Waals surface area contributed by atoms with Gasteiger partial charge in [-0.05, 0) is 38.8 Å². The highest BCUT2D eigenvalue weighted by Gasteiger charge is 2.59. The van der Waals surface area contributed by atoms with E-state index in [-0.39, 0.29) is 22.9 Å². The average Bonchev–Trinajstić information content (AvgIpc) is 3.03. The van der Waals surface area contributed by atoms with Crippen LogP contribution in [0.4, 0.5) is 0 Å². The predicted octanol–water partition coefficient (Wildman–Crippen LogP) is 2.78. The van der Waals surface area contributed by atoms with E-state index in [0.717, 1.165) is 24.9 Å². The van der Waals surface area contributed by atoms with E-state index in [1.54, 1.807) is 13.4 Å². The third-order valence-corrected chi connectivity index (χ3v) is 8.79. The smallest absolute Gasteiger partial charge is 0.264 e. The molecule has 5 rings (SSSR count). The molecule has 6 nitrogen and oxygen atoms in total. The van der Waals surface area contributed by atoms with E-state index in [9.17, 15) is 9.59 Å². The number of likely N-dealkylation sites (N-methyl/N-ethyl adjacent to an activating group) is 1. The molecule has 4 heterocycles. The summed E-state index contributed by atoms with van der Waals surface area (Å²) in [5.74, 6) is 0.109. The van der Waals surface area contributed by atoms with Gasteiger partial charge in [-0.2, -0.15) is 0 Å². The number of likely N-dealkylation sites (tertiary alicyclic amines) is 2. The summed E-state index contributed by atoms with van der Waals surface area (Å²) in [5.41, 5.74) is 0.894. The van der Waals surface area contributed by atoms with E-state index in [4.69, 9.17) is 0 Å². The lowest BCUT2D eigenvalue weighted by Gasteiger charge is -2.44. The molecule has 3 aliphatic rings. The third kappa shape index (κ3) is 2.32. The highest BCUT2D eigenvalue weighted by Crippen LogP contribution is 2.53. The van der Waals surface area contributed by atoms with Crippen molar-refractivity contribution in [1.82, 2.24) is 19.4 Å². The summed E-state index contributed by atoms with van der Waals surface area (Å²) >= 11 is 1.38. The molecule has 0 spiro atoms. The van der Waals surface area contributed by atoms with Gasteiger partial charge in [-0.15, -0.1) is 11.3 Å². The van der Waals surface area contributed by atoms with Crippen molar-refractivity contribution in [1.29, 1.82) is 0 Å². The molecule has 4 atom stereocenters. The van der Waals surface area contributed by atoms with Crippen molar-refractivity contribution in [3.05, 3.63) is 27.1 Å². The van der Waals surface area contributed by atoms with Crippen molar-refractivity contribution in [2.75, 3.05) is 13.6 Å². The molecule has 2 aromatic rings. The van der Waals surface area contributed by atoms with Gasteiger partial charge in [0.15, 0.2) is 0 Å². The highest BCUT2D eigenvalue weighted by molar-refractivity contribution is 7.20. The quantitative estimate of drug-likeness (QED) is 0.739. The van der Waals surface area contributed by atoms with Crippen molar-refractivity contribution in [3.63, 3.8) is 0 Å². The normalized spacial score (nSPS) is 32.7. The van der Waals surface area contributed by atoms with E-state index in [1.807, 2.05) is 6.92 Å². The lowest BCUT2D eigenvalue weighted by Crippen LogP contribution is -2.51. The van der Waals surface area contributed by atoms with Gasteiger partial charge >= 0.3 is 0 Å². The molecule has 1 amide bonds. The van der Waals surface area contributed by atoms with Gasteiger partial charge in [-0.3, -0.25) is 9.59 Å². The van der Waals surface area contributed by atoms with Crippen LogP contribution in [0.2, 0.25) is 0 Å². The van der Waals surface area contributed by atoms with Crippen molar-refractivity contribution < 1.29 is 4.79 Å². The van der Waals surface area contributed by atoms with Gasteiger partial charge in [-0.1, -0.05) is 19.8 Å². The minimum absolute atomic E-state index is 0.0702. The SMILES string of the molecule is Cc1c(C(=O)N2[C@@H]3CN(C)[C@@H]4CCCC[C@H]2[C@]4(C)C3)sc2ncn(C)c(=O)c12. The van der Waals surface area contributed by atoms with Gasteiger partial charge in [0, 0.05) is 37.1 Å². The molecular weight excluding hydrogens is 372 g/mol. The highest BCUT2D eigenvalue weighted by atomic mass is 32.1. The fourth-order valence-electron chi connectivity index (χ4n) is 6.32. The van der Waals surface area contributed by atoms with Gasteiger partial charge < -0.3 is 14.4 Å². The predicted molar refractivity (Wildman–Crippen MR) is 111 cm³/mol. The average molecular weight is 401 g/mol. The molecule has 0 N–H and O–H groups in total. The Morgan fingerprint density at radius 2 is 1.96 bits per heavy atom. The lowest BCUT2D eigenvalue weighted by molar-refractivity contribution is 0.0578. The third-order valence-electron chi connectivity index (χ3n) is 7.60. The Labute approximate surface area is 169 Å². The lowest BCUT2D eigenvalue weighted by atomic mass is 9.71. The Morgan fingerprint density at radius 1 is 1.25 bits per heavy atom. The van der Waals surface area contributed by atoms with Gasteiger partial charge in [0.1, 0.15) is 4.83 Å². The van der Waals surface area contributed by atoms with Crippen LogP contribution in [0.1, 0.15) is 54.3 Å². The number of aryl methyl sites for hydroxylation is 2. The molecule has 150 valence electrons. The summed E-state index contributed by atoms with van der Waals surface area (Å²) in [5, 5.41) is 0.600. The number of thiophene rings is 1. The first-order valence-electron chi connectivity index (χ1n) is 10.3. The topological polar surface area (TPSA) is 58.4 Å². The van der Waals surface area contributed by atoms with Crippen LogP contribution < -0.4 is 5.56 Å². The van der Waals surface area contributed by atoms with Gasteiger partial charge in [0.25, 0.3) is 11.5 Å². The van der Waals surface area contributed by atoms with Crippen molar-refractivity contribution in [2.24, 2.45) is 12.5 Å². The van der Waals surface area contributed by atoms with E-state index < -0.39 is 0 Å². The van der Waals surface area contributed by atoms with Crippen LogP contribution in [-0.4, -0.2) is 57.0 Å². The minimum atomic E-state index is -0.0702. The second-order valence-electron chi connectivity index (χ2n) is 9.23. The van der Waals surface area contributed by atoms with Crippen LogP contribution in [-0.2, 0) is 7.05 Å². The largest absolute Gasteiger partial charge is 0.330 e. The monoisotopic (exact) mass is 400 g/mol. The van der Waals surface area contributed by atoms with E-state index in [2.05, 4.69) is 28.8 Å². The number of carbonyl (C=O) groups is 1. The van der Waals surface area contributed by atoms with Crippen molar-refractivity contribution >= 4 is 27.5 Å². The first-order chi connectivity index (χ1) is 13.3. The van der Waals surface area contributed by atoms with E-state index in [0.29, 0.717) is 27.2 Å². The summed E-state index contributed by atoms with van der Waals surface area (Å²) < 4.78 is 1.49. The number of nitrogens with zero attached hydrogens (tertiary/aromatic N) is 4. The Bertz CT molecular complexity index is 1030. The Balaban J connectivity index is 1.61. The Kier molecular flexibility index (Phi) is 4.01. The van der Waals surface area contributed by atoms with Crippen LogP contribution in [0.3, 0.4) is 0 Å². The number of fused-ring (bicyclic) bond motifs is 2. The first-order valence-corrected chi connectivity index (χ1v) is 11.1. The van der Waals surface area contributed by atoms with Crippen molar-refractivity contribution in [3.8, 4) is 0 Å². The molecule has 0 aromatic carbocycles. The maximum absolute atomic E-state index is 13.8. The molecule has 1 saturated carbocycles. The van der Waals surface area contributed by atoms with E-state index >= 15 is 0 Å². The molecule has 2 aliphatic heterocycles. The molecule has 2 bridgehead atoms. The van der Waals surface area contributed by atoms with Crippen molar-refractivity contribution in [2.45, 2.75) is 64.1 Å². The molecule has 1 aliphatic carbocycles. The Morgan fingerprint density at radius 3 is 2.71 bits per heavy atom. The van der Waals surface area contributed by atoms with Crippen LogP contribution in [0.5, 0.6) is 0 Å². The number of piperidine rings is 1. The summed E-state index contributed by atoms with van der Waals surface area (Å²) in [7, 11) is 3.93.